The Hall–Kier alpha value is -3.22. The van der Waals surface area contributed by atoms with E-state index in [2.05, 4.69) is 21.0 Å². The summed E-state index contributed by atoms with van der Waals surface area (Å²) in [4.78, 5) is 32.6. The number of hydrogen-bond donors (Lipinski definition) is 5. The fourth-order valence-corrected chi connectivity index (χ4v) is 4.40. The van der Waals surface area contributed by atoms with Gasteiger partial charge in [-0.3, -0.25) is 0 Å². The molecule has 3 heterocycles. The molecule has 0 unspecified atom stereocenters. The molecule has 0 amide bonds. The lowest BCUT2D eigenvalue weighted by Crippen LogP contribution is -2.00. The number of carbonyl (C=O) groups is 2. The molecule has 7 nitrogen and oxygen atoms in total. The van der Waals surface area contributed by atoms with Gasteiger partial charge in [0.2, 0.25) is 0 Å². The highest BCUT2D eigenvalue weighted by Gasteiger charge is 2.20. The maximum atomic E-state index is 11.5. The van der Waals surface area contributed by atoms with E-state index in [9.17, 15) is 19.8 Å². The molecule has 0 aliphatic rings. The van der Waals surface area contributed by atoms with Crippen LogP contribution in [-0.2, 0) is 25.7 Å². The lowest BCUT2D eigenvalue weighted by Gasteiger charge is -2.04. The second-order valence-electron chi connectivity index (χ2n) is 7.79. The van der Waals surface area contributed by atoms with Gasteiger partial charge in [0, 0.05) is 35.6 Å². The second kappa shape index (κ2) is 8.26. The van der Waals surface area contributed by atoms with E-state index < -0.39 is 11.9 Å². The molecule has 0 bridgehead atoms. The van der Waals surface area contributed by atoms with Crippen LogP contribution in [0.1, 0.15) is 85.4 Å². The van der Waals surface area contributed by atoms with Crippen LogP contribution < -0.4 is 0 Å². The van der Waals surface area contributed by atoms with Gasteiger partial charge in [0.1, 0.15) is 11.4 Å². The number of carboxylic acids is 2. The molecule has 5 N–H and O–H groups in total. The molecule has 30 heavy (non-hydrogen) atoms. The van der Waals surface area contributed by atoms with E-state index in [1.807, 2.05) is 34.6 Å². The number of carboxylic acid groups (broad SMARTS) is 2. The first-order chi connectivity index (χ1) is 14.2. The van der Waals surface area contributed by atoms with Crippen LogP contribution in [0.5, 0.6) is 0 Å². The van der Waals surface area contributed by atoms with Gasteiger partial charge in [-0.2, -0.15) is 0 Å². The van der Waals surface area contributed by atoms with Crippen LogP contribution in [0.15, 0.2) is 6.07 Å². The summed E-state index contributed by atoms with van der Waals surface area (Å²) in [6.45, 7) is 9.76. The Labute approximate surface area is 175 Å². The first-order valence-corrected chi connectivity index (χ1v) is 10.2. The summed E-state index contributed by atoms with van der Waals surface area (Å²) in [6, 6.07) is 2.07. The van der Waals surface area contributed by atoms with Crippen molar-refractivity contribution in [2.75, 3.05) is 0 Å². The average molecular weight is 412 g/mol. The van der Waals surface area contributed by atoms with E-state index in [0.717, 1.165) is 63.4 Å². The number of aromatic nitrogens is 3. The summed E-state index contributed by atoms with van der Waals surface area (Å²) in [5.41, 5.74) is 9.12. The Kier molecular flexibility index (Phi) is 5.92. The minimum absolute atomic E-state index is 0.251. The molecule has 0 aromatic carbocycles. The van der Waals surface area contributed by atoms with Crippen molar-refractivity contribution in [3.8, 4) is 0 Å². The molecule has 3 aromatic rings. The summed E-state index contributed by atoms with van der Waals surface area (Å²) in [6.07, 6.45) is 2.70. The average Bonchev–Trinajstić information content (AvgIpc) is 3.29. The van der Waals surface area contributed by atoms with Crippen LogP contribution in [0, 0.1) is 20.8 Å². The topological polar surface area (TPSA) is 122 Å². The van der Waals surface area contributed by atoms with Crippen molar-refractivity contribution in [3.63, 3.8) is 0 Å². The zero-order chi connectivity index (χ0) is 22.2. The van der Waals surface area contributed by atoms with Crippen molar-refractivity contribution < 1.29 is 19.8 Å². The molecule has 7 heteroatoms. The third-order valence-electron chi connectivity index (χ3n) is 5.97. The Morgan fingerprint density at radius 2 is 1.23 bits per heavy atom. The monoisotopic (exact) mass is 411 g/mol. The third kappa shape index (κ3) is 3.79. The molecule has 0 aliphatic carbocycles. The molecule has 0 fully saturated rings. The van der Waals surface area contributed by atoms with Gasteiger partial charge in [-0.1, -0.05) is 13.8 Å². The highest BCUT2D eigenvalue weighted by Crippen LogP contribution is 2.25. The van der Waals surface area contributed by atoms with Crippen molar-refractivity contribution in [2.45, 2.75) is 60.3 Å². The number of H-pyrrole nitrogens is 3. The number of aromatic amines is 3. The van der Waals surface area contributed by atoms with Gasteiger partial charge in [0.25, 0.3) is 0 Å². The van der Waals surface area contributed by atoms with Gasteiger partial charge in [0.15, 0.2) is 0 Å². The zero-order valence-electron chi connectivity index (χ0n) is 18.1. The van der Waals surface area contributed by atoms with Gasteiger partial charge in [-0.25, -0.2) is 9.59 Å². The van der Waals surface area contributed by atoms with Gasteiger partial charge in [0.05, 0.1) is 0 Å². The van der Waals surface area contributed by atoms with Crippen molar-refractivity contribution in [2.24, 2.45) is 0 Å². The molecule has 160 valence electrons. The highest BCUT2D eigenvalue weighted by molar-refractivity contribution is 5.88. The quantitative estimate of drug-likeness (QED) is 0.379. The molecule has 0 spiro atoms. The predicted octanol–water partition coefficient (Wildman–Crippen LogP) is 4.30. The molecule has 0 atom stereocenters. The molecule has 0 radical (unpaired) electrons. The second-order valence-corrected chi connectivity index (χ2v) is 7.79. The van der Waals surface area contributed by atoms with E-state index in [0.29, 0.717) is 12.8 Å². The molecular formula is C23H29N3O4. The lowest BCUT2D eigenvalue weighted by molar-refractivity contribution is 0.0679. The number of aromatic carboxylic acids is 2. The van der Waals surface area contributed by atoms with Crippen LogP contribution in [-0.4, -0.2) is 37.1 Å². The number of nitrogens with one attached hydrogen (secondary N) is 3. The summed E-state index contributed by atoms with van der Waals surface area (Å²) >= 11 is 0. The van der Waals surface area contributed by atoms with Crippen LogP contribution in [0.2, 0.25) is 0 Å². The standard InChI is InChI=1S/C23H29N3O4/c1-6-15-12(4)20(22(27)28)25-18(15)9-14-8-11(3)17(24-14)10-19-16(7-2)13(5)21(26-19)23(29)30/h8,24-26H,6-7,9-10H2,1-5H3,(H,27,28)(H,29,30). The van der Waals surface area contributed by atoms with Crippen molar-refractivity contribution in [3.05, 3.63) is 68.0 Å². The number of rotatable bonds is 8. The maximum absolute atomic E-state index is 11.5. The largest absolute Gasteiger partial charge is 0.477 e. The van der Waals surface area contributed by atoms with Crippen molar-refractivity contribution in [1.29, 1.82) is 0 Å². The first kappa shape index (κ1) is 21.5. The molecule has 3 aromatic heterocycles. The fourth-order valence-electron chi connectivity index (χ4n) is 4.40. The molecule has 0 saturated carbocycles. The SMILES string of the molecule is CCc1c(Cc2cc(C)c(Cc3[nH]c(C(=O)O)c(C)c3CC)[nH]2)[nH]c(C(=O)O)c1C. The van der Waals surface area contributed by atoms with Crippen LogP contribution in [0.3, 0.4) is 0 Å². The van der Waals surface area contributed by atoms with E-state index >= 15 is 0 Å². The summed E-state index contributed by atoms with van der Waals surface area (Å²) in [7, 11) is 0. The van der Waals surface area contributed by atoms with Gasteiger partial charge in [-0.05, 0) is 67.5 Å². The minimum atomic E-state index is -0.944. The molecule has 3 rings (SSSR count). The number of hydrogen-bond acceptors (Lipinski definition) is 2. The van der Waals surface area contributed by atoms with E-state index in [4.69, 9.17) is 0 Å². The Morgan fingerprint density at radius 1 is 0.767 bits per heavy atom. The molecule has 0 saturated heterocycles. The smallest absolute Gasteiger partial charge is 0.352 e. The van der Waals surface area contributed by atoms with Crippen molar-refractivity contribution >= 4 is 11.9 Å². The fraction of sp³-hybridized carbons (Fsp3) is 0.391. The normalized spacial score (nSPS) is 11.2. The highest BCUT2D eigenvalue weighted by atomic mass is 16.4. The summed E-state index contributed by atoms with van der Waals surface area (Å²) in [5, 5.41) is 18.8. The Morgan fingerprint density at radius 3 is 1.67 bits per heavy atom. The summed E-state index contributed by atoms with van der Waals surface area (Å²) in [5.74, 6) is -1.89. The van der Waals surface area contributed by atoms with E-state index in [1.54, 1.807) is 0 Å². The molecular weight excluding hydrogens is 382 g/mol. The zero-order valence-corrected chi connectivity index (χ0v) is 18.1. The summed E-state index contributed by atoms with van der Waals surface area (Å²) < 4.78 is 0. The van der Waals surface area contributed by atoms with Gasteiger partial charge in [-0.15, -0.1) is 0 Å². The van der Waals surface area contributed by atoms with Crippen LogP contribution >= 0.6 is 0 Å². The van der Waals surface area contributed by atoms with Crippen LogP contribution in [0.4, 0.5) is 0 Å². The predicted molar refractivity (Wildman–Crippen MR) is 115 cm³/mol. The van der Waals surface area contributed by atoms with E-state index in [-0.39, 0.29) is 11.4 Å². The number of aryl methyl sites for hydroxylation is 1. The maximum Gasteiger partial charge on any atom is 0.352 e. The van der Waals surface area contributed by atoms with Gasteiger partial charge < -0.3 is 25.2 Å². The van der Waals surface area contributed by atoms with Crippen molar-refractivity contribution in [1.82, 2.24) is 15.0 Å². The third-order valence-corrected chi connectivity index (χ3v) is 5.97. The van der Waals surface area contributed by atoms with Gasteiger partial charge >= 0.3 is 11.9 Å². The van der Waals surface area contributed by atoms with E-state index in [1.165, 1.54) is 0 Å². The van der Waals surface area contributed by atoms with Crippen LogP contribution in [0.25, 0.3) is 0 Å². The molecule has 0 aliphatic heterocycles. The Bertz CT molecular complexity index is 1110. The first-order valence-electron chi connectivity index (χ1n) is 10.2. The lowest BCUT2D eigenvalue weighted by atomic mass is 10.0. The Balaban J connectivity index is 1.91. The minimum Gasteiger partial charge on any atom is -0.477 e.